The Kier molecular flexibility index (Phi) is 4.59. The summed E-state index contributed by atoms with van der Waals surface area (Å²) < 4.78 is 1.99. The zero-order valence-electron chi connectivity index (χ0n) is 20.5. The average Bonchev–Trinajstić information content (AvgIpc) is 3.62. The second-order valence-corrected chi connectivity index (χ2v) is 10.2. The van der Waals surface area contributed by atoms with E-state index in [0.717, 1.165) is 46.8 Å². The van der Waals surface area contributed by atoms with Crippen molar-refractivity contribution in [3.63, 3.8) is 0 Å². The summed E-state index contributed by atoms with van der Waals surface area (Å²) in [4.78, 5) is 32.0. The zero-order chi connectivity index (χ0) is 24.4. The average molecular weight is 481 g/mol. The number of aromatic nitrogens is 4. The molecular formula is C27H28N8O. The van der Waals surface area contributed by atoms with E-state index in [4.69, 9.17) is 9.97 Å². The lowest BCUT2D eigenvalue weighted by Gasteiger charge is -2.48. The number of hydrogen-bond acceptors (Lipinski definition) is 7. The van der Waals surface area contributed by atoms with Gasteiger partial charge in [0.1, 0.15) is 17.3 Å². The van der Waals surface area contributed by atoms with Crippen LogP contribution in [0.25, 0.3) is 22.3 Å². The number of likely N-dealkylation sites (N-methyl/N-ethyl adjacent to an activating group) is 1. The lowest BCUT2D eigenvalue weighted by molar-refractivity contribution is 0.0307. The van der Waals surface area contributed by atoms with Gasteiger partial charge in [0.15, 0.2) is 0 Å². The van der Waals surface area contributed by atoms with E-state index in [1.807, 2.05) is 42.1 Å². The number of nitrogens with zero attached hydrogens (tertiary/aromatic N) is 6. The van der Waals surface area contributed by atoms with Crippen molar-refractivity contribution in [2.24, 2.45) is 7.05 Å². The fraction of sp³-hybridized carbons (Fsp3) is 0.333. The summed E-state index contributed by atoms with van der Waals surface area (Å²) in [6, 6.07) is 10.0. The maximum atomic E-state index is 12.9. The number of amides is 1. The number of aryl methyl sites for hydroxylation is 1. The molecule has 3 aliphatic heterocycles. The van der Waals surface area contributed by atoms with E-state index in [1.165, 1.54) is 19.4 Å². The summed E-state index contributed by atoms with van der Waals surface area (Å²) >= 11 is 0. The number of nitrogens with one attached hydrogen (secondary N) is 2. The van der Waals surface area contributed by atoms with Crippen LogP contribution in [0, 0.1) is 0 Å². The van der Waals surface area contributed by atoms with Crippen molar-refractivity contribution >= 4 is 34.3 Å². The SMILES string of the molecule is CN1CC[C@@]12CCN(c1cccc(Nc3cnc(-c4ccnc5c4ccn5C)c4c3C(=O)NC4)n1)C2. The van der Waals surface area contributed by atoms with Gasteiger partial charge in [0.2, 0.25) is 0 Å². The molecule has 4 aromatic heterocycles. The molecule has 9 heteroatoms. The highest BCUT2D eigenvalue weighted by Gasteiger charge is 2.47. The molecule has 0 saturated carbocycles. The number of fused-ring (bicyclic) bond motifs is 2. The first-order valence-electron chi connectivity index (χ1n) is 12.4. The molecule has 9 nitrogen and oxygen atoms in total. The highest BCUT2D eigenvalue weighted by molar-refractivity contribution is 6.06. The van der Waals surface area contributed by atoms with Gasteiger partial charge in [-0.25, -0.2) is 9.97 Å². The molecule has 1 amide bonds. The summed E-state index contributed by atoms with van der Waals surface area (Å²) in [6.45, 7) is 3.64. The Morgan fingerprint density at radius 1 is 1.08 bits per heavy atom. The Morgan fingerprint density at radius 2 is 1.97 bits per heavy atom. The Hall–Kier alpha value is -3.98. The van der Waals surface area contributed by atoms with E-state index in [2.05, 4.69) is 38.5 Å². The van der Waals surface area contributed by atoms with E-state index in [1.54, 1.807) is 12.4 Å². The van der Waals surface area contributed by atoms with Crippen molar-refractivity contribution in [1.29, 1.82) is 0 Å². The van der Waals surface area contributed by atoms with Gasteiger partial charge < -0.3 is 20.1 Å². The largest absolute Gasteiger partial charge is 0.355 e. The quantitative estimate of drug-likeness (QED) is 0.463. The molecule has 36 heavy (non-hydrogen) atoms. The van der Waals surface area contributed by atoms with E-state index in [9.17, 15) is 4.79 Å². The van der Waals surface area contributed by atoms with Crippen LogP contribution >= 0.6 is 0 Å². The van der Waals surface area contributed by atoms with Crippen LogP contribution in [0.15, 0.2) is 48.9 Å². The Labute approximate surface area is 209 Å². The molecule has 1 spiro atoms. The molecule has 7 rings (SSSR count). The molecule has 182 valence electrons. The van der Waals surface area contributed by atoms with Crippen molar-refractivity contribution in [3.05, 3.63) is 60.0 Å². The van der Waals surface area contributed by atoms with E-state index < -0.39 is 0 Å². The van der Waals surface area contributed by atoms with Gasteiger partial charge in [-0.2, -0.15) is 0 Å². The topological polar surface area (TPSA) is 91.2 Å². The van der Waals surface area contributed by atoms with Crippen LogP contribution in [0.1, 0.15) is 28.8 Å². The Bertz CT molecular complexity index is 1530. The van der Waals surface area contributed by atoms with Crippen LogP contribution < -0.4 is 15.5 Å². The minimum atomic E-state index is -0.0971. The van der Waals surface area contributed by atoms with Crippen molar-refractivity contribution < 1.29 is 4.79 Å². The molecule has 0 aromatic carbocycles. The number of hydrogen-bond donors (Lipinski definition) is 2. The van der Waals surface area contributed by atoms with Crippen LogP contribution in [-0.4, -0.2) is 62.5 Å². The first kappa shape index (κ1) is 21.3. The van der Waals surface area contributed by atoms with Gasteiger partial charge in [0.05, 0.1) is 23.1 Å². The monoisotopic (exact) mass is 480 g/mol. The lowest BCUT2D eigenvalue weighted by Crippen LogP contribution is -2.59. The fourth-order valence-corrected chi connectivity index (χ4v) is 5.97. The fourth-order valence-electron chi connectivity index (χ4n) is 5.97. The second kappa shape index (κ2) is 7.76. The summed E-state index contributed by atoms with van der Waals surface area (Å²) in [7, 11) is 4.19. The third kappa shape index (κ3) is 3.12. The van der Waals surface area contributed by atoms with Crippen molar-refractivity contribution in [2.45, 2.75) is 24.9 Å². The molecule has 2 saturated heterocycles. The molecule has 0 unspecified atom stereocenters. The molecule has 1 atom stereocenters. The van der Waals surface area contributed by atoms with E-state index in [0.29, 0.717) is 29.2 Å². The van der Waals surface area contributed by atoms with Crippen LogP contribution in [0.2, 0.25) is 0 Å². The summed E-state index contributed by atoms with van der Waals surface area (Å²) in [5.41, 5.74) is 5.17. The lowest BCUT2D eigenvalue weighted by atomic mass is 9.85. The summed E-state index contributed by atoms with van der Waals surface area (Å²) in [5, 5.41) is 7.39. The predicted molar refractivity (Wildman–Crippen MR) is 139 cm³/mol. The van der Waals surface area contributed by atoms with Gasteiger partial charge in [-0.3, -0.25) is 14.7 Å². The normalized spacial score (nSPS) is 21.2. The Balaban J connectivity index is 1.22. The van der Waals surface area contributed by atoms with E-state index in [-0.39, 0.29) is 5.91 Å². The van der Waals surface area contributed by atoms with Crippen molar-refractivity contribution in [2.75, 3.05) is 36.9 Å². The molecule has 0 radical (unpaired) electrons. The van der Waals surface area contributed by atoms with Crippen LogP contribution in [0.3, 0.4) is 0 Å². The molecule has 2 N–H and O–H groups in total. The minimum Gasteiger partial charge on any atom is -0.355 e. The van der Waals surface area contributed by atoms with Gasteiger partial charge in [-0.1, -0.05) is 6.07 Å². The van der Waals surface area contributed by atoms with Gasteiger partial charge in [0, 0.05) is 67.7 Å². The molecule has 0 bridgehead atoms. The third-order valence-corrected chi connectivity index (χ3v) is 8.23. The van der Waals surface area contributed by atoms with Crippen molar-refractivity contribution in [3.8, 4) is 11.3 Å². The molecule has 2 fully saturated rings. The Morgan fingerprint density at radius 3 is 2.78 bits per heavy atom. The summed E-state index contributed by atoms with van der Waals surface area (Å²) in [6.07, 6.45) is 7.96. The first-order valence-corrected chi connectivity index (χ1v) is 12.4. The highest BCUT2D eigenvalue weighted by Crippen LogP contribution is 2.40. The van der Waals surface area contributed by atoms with Crippen LogP contribution in [-0.2, 0) is 13.6 Å². The molecule has 3 aliphatic rings. The predicted octanol–water partition coefficient (Wildman–Crippen LogP) is 3.30. The number of carbonyl (C=O) groups excluding carboxylic acids is 1. The molecule has 0 aliphatic carbocycles. The maximum Gasteiger partial charge on any atom is 0.254 e. The van der Waals surface area contributed by atoms with Crippen LogP contribution in [0.5, 0.6) is 0 Å². The number of carbonyl (C=O) groups is 1. The second-order valence-electron chi connectivity index (χ2n) is 10.2. The minimum absolute atomic E-state index is 0.0971. The number of likely N-dealkylation sites (tertiary alicyclic amines) is 1. The zero-order valence-corrected chi connectivity index (χ0v) is 20.5. The number of pyridine rings is 3. The third-order valence-electron chi connectivity index (χ3n) is 8.23. The van der Waals surface area contributed by atoms with E-state index >= 15 is 0 Å². The molecular weight excluding hydrogens is 452 g/mol. The smallest absolute Gasteiger partial charge is 0.254 e. The standard InChI is InChI=1S/C27H28N8O/c1-33-11-7-18-17(6-10-28-25(18)33)24-19-14-30-26(36)23(19)20(15-29-24)31-21-4-3-5-22(32-21)35-13-9-27(16-35)8-12-34(27)2/h3-7,10-11,15H,8-9,12-14,16H2,1-2H3,(H,30,36)(H,31,32)/t27-/m0/s1. The van der Waals surface area contributed by atoms with Gasteiger partial charge >= 0.3 is 0 Å². The van der Waals surface area contributed by atoms with Gasteiger partial charge in [0.25, 0.3) is 5.91 Å². The van der Waals surface area contributed by atoms with Crippen molar-refractivity contribution in [1.82, 2.24) is 29.7 Å². The maximum absolute atomic E-state index is 12.9. The van der Waals surface area contributed by atoms with Gasteiger partial charge in [-0.15, -0.1) is 0 Å². The molecule has 7 heterocycles. The number of anilines is 3. The highest BCUT2D eigenvalue weighted by atomic mass is 16.1. The summed E-state index contributed by atoms with van der Waals surface area (Å²) in [5.74, 6) is 1.58. The molecule has 4 aromatic rings. The van der Waals surface area contributed by atoms with Gasteiger partial charge in [-0.05, 0) is 44.2 Å². The first-order chi connectivity index (χ1) is 17.5. The number of rotatable bonds is 4. The van der Waals surface area contributed by atoms with Crippen LogP contribution in [0.4, 0.5) is 17.3 Å².